The van der Waals surface area contributed by atoms with Crippen molar-refractivity contribution >= 4 is 11.9 Å². The molecular weight excluding hydrogens is 234 g/mol. The molecule has 1 rings (SSSR count). The summed E-state index contributed by atoms with van der Waals surface area (Å²) in [6.07, 6.45) is 1.86. The number of likely N-dealkylation sites (tertiary alicyclic amines) is 1. The molecule has 1 fully saturated rings. The van der Waals surface area contributed by atoms with E-state index in [1.165, 1.54) is 0 Å². The fraction of sp³-hybridized carbons (Fsp3) is 0.846. The molecule has 0 aliphatic carbocycles. The van der Waals surface area contributed by atoms with Crippen LogP contribution in [0.15, 0.2) is 0 Å². The lowest BCUT2D eigenvalue weighted by molar-refractivity contribution is -0.177. The van der Waals surface area contributed by atoms with Crippen LogP contribution in [0.25, 0.3) is 0 Å². The molecule has 1 atom stereocenters. The van der Waals surface area contributed by atoms with Crippen LogP contribution in [0.4, 0.5) is 0 Å². The summed E-state index contributed by atoms with van der Waals surface area (Å²) >= 11 is 0. The number of carbonyl (C=O) groups is 2. The molecule has 0 radical (unpaired) electrons. The first kappa shape index (κ1) is 15.0. The van der Waals surface area contributed by atoms with E-state index in [1.807, 2.05) is 6.92 Å². The molecule has 1 heterocycles. The molecule has 1 saturated heterocycles. The molecule has 0 aromatic heterocycles. The molecule has 1 N–H and O–H groups in total. The first-order chi connectivity index (χ1) is 8.24. The Hall–Kier alpha value is -1.10. The standard InChI is InChI=1S/C13H23NO4/c1-5-8-14-9-6-7-13(14,10(15)16)11(17)18-12(2,3)4/h5-9H2,1-4H3,(H,15,16)/t13-/m0/s1. The summed E-state index contributed by atoms with van der Waals surface area (Å²) in [5, 5.41) is 9.49. The summed E-state index contributed by atoms with van der Waals surface area (Å²) in [7, 11) is 0. The van der Waals surface area contributed by atoms with E-state index in [0.717, 1.165) is 6.42 Å². The van der Waals surface area contributed by atoms with Crippen LogP contribution in [0.1, 0.15) is 47.0 Å². The smallest absolute Gasteiger partial charge is 0.338 e. The van der Waals surface area contributed by atoms with Crippen LogP contribution in [0.2, 0.25) is 0 Å². The SMILES string of the molecule is CCCN1CCC[C@]1(C(=O)O)C(=O)OC(C)(C)C. The van der Waals surface area contributed by atoms with Crippen LogP contribution in [-0.4, -0.2) is 46.2 Å². The molecule has 0 bridgehead atoms. The number of rotatable bonds is 4. The predicted octanol–water partition coefficient (Wildman–Crippen LogP) is 1.66. The molecule has 1 aliphatic rings. The third kappa shape index (κ3) is 2.83. The number of carboxylic acid groups (broad SMARTS) is 1. The second-order valence-electron chi connectivity index (χ2n) is 5.76. The second-order valence-corrected chi connectivity index (χ2v) is 5.76. The van der Waals surface area contributed by atoms with Gasteiger partial charge in [-0.2, -0.15) is 0 Å². The number of carboxylic acids is 1. The molecule has 1 aliphatic heterocycles. The zero-order valence-electron chi connectivity index (χ0n) is 11.7. The number of carbonyl (C=O) groups excluding carboxylic acids is 1. The predicted molar refractivity (Wildman–Crippen MR) is 67.3 cm³/mol. The first-order valence-corrected chi connectivity index (χ1v) is 6.46. The maximum Gasteiger partial charge on any atom is 0.338 e. The topological polar surface area (TPSA) is 66.8 Å². The Kier molecular flexibility index (Phi) is 4.37. The second kappa shape index (κ2) is 5.26. The molecule has 0 amide bonds. The van der Waals surface area contributed by atoms with Gasteiger partial charge < -0.3 is 9.84 Å². The summed E-state index contributed by atoms with van der Waals surface area (Å²) in [6, 6.07) is 0. The number of hydrogen-bond donors (Lipinski definition) is 1. The van der Waals surface area contributed by atoms with Gasteiger partial charge in [0.05, 0.1) is 0 Å². The summed E-state index contributed by atoms with van der Waals surface area (Å²) in [6.45, 7) is 8.46. The normalized spacial score (nSPS) is 25.1. The lowest BCUT2D eigenvalue weighted by Gasteiger charge is -2.34. The van der Waals surface area contributed by atoms with E-state index in [0.29, 0.717) is 25.9 Å². The Morgan fingerprint density at radius 3 is 2.44 bits per heavy atom. The Labute approximate surface area is 108 Å². The average Bonchev–Trinajstić information content (AvgIpc) is 2.60. The highest BCUT2D eigenvalue weighted by atomic mass is 16.6. The van der Waals surface area contributed by atoms with E-state index in [9.17, 15) is 14.7 Å². The fourth-order valence-corrected chi connectivity index (χ4v) is 2.37. The molecule has 18 heavy (non-hydrogen) atoms. The molecule has 0 aromatic rings. The van der Waals surface area contributed by atoms with Crippen LogP contribution >= 0.6 is 0 Å². The third-order valence-corrected chi connectivity index (χ3v) is 3.09. The number of hydrogen-bond acceptors (Lipinski definition) is 4. The van der Waals surface area contributed by atoms with Gasteiger partial charge in [0.25, 0.3) is 0 Å². The van der Waals surface area contributed by atoms with E-state index in [2.05, 4.69) is 0 Å². The lowest BCUT2D eigenvalue weighted by Crippen LogP contribution is -2.58. The van der Waals surface area contributed by atoms with Gasteiger partial charge in [-0.25, -0.2) is 9.59 Å². The van der Waals surface area contributed by atoms with E-state index >= 15 is 0 Å². The Morgan fingerprint density at radius 1 is 1.39 bits per heavy atom. The van der Waals surface area contributed by atoms with Crippen molar-refractivity contribution in [1.29, 1.82) is 0 Å². The minimum Gasteiger partial charge on any atom is -0.479 e. The van der Waals surface area contributed by atoms with Crippen LogP contribution in [-0.2, 0) is 14.3 Å². The Morgan fingerprint density at radius 2 is 2.00 bits per heavy atom. The highest BCUT2D eigenvalue weighted by molar-refractivity contribution is 6.04. The number of esters is 1. The van der Waals surface area contributed by atoms with Crippen molar-refractivity contribution in [3.8, 4) is 0 Å². The summed E-state index contributed by atoms with van der Waals surface area (Å²) in [5.41, 5.74) is -2.15. The molecule has 0 spiro atoms. The van der Waals surface area contributed by atoms with Gasteiger partial charge in [0.1, 0.15) is 5.60 Å². The van der Waals surface area contributed by atoms with Crippen molar-refractivity contribution in [3.63, 3.8) is 0 Å². The molecule has 0 aromatic carbocycles. The van der Waals surface area contributed by atoms with Gasteiger partial charge in [0.2, 0.25) is 5.54 Å². The monoisotopic (exact) mass is 257 g/mol. The van der Waals surface area contributed by atoms with Gasteiger partial charge >= 0.3 is 11.9 Å². The quantitative estimate of drug-likeness (QED) is 0.613. The fourth-order valence-electron chi connectivity index (χ4n) is 2.37. The molecule has 5 heteroatoms. The van der Waals surface area contributed by atoms with Gasteiger partial charge in [0, 0.05) is 0 Å². The van der Waals surface area contributed by atoms with Crippen molar-refractivity contribution in [2.75, 3.05) is 13.1 Å². The van der Waals surface area contributed by atoms with Gasteiger partial charge in [-0.05, 0) is 53.1 Å². The van der Waals surface area contributed by atoms with Gasteiger partial charge in [0.15, 0.2) is 0 Å². The van der Waals surface area contributed by atoms with Crippen molar-refractivity contribution in [2.24, 2.45) is 0 Å². The number of aliphatic carboxylic acids is 1. The van der Waals surface area contributed by atoms with Crippen molar-refractivity contribution < 1.29 is 19.4 Å². The van der Waals surface area contributed by atoms with E-state index in [1.54, 1.807) is 25.7 Å². The zero-order valence-corrected chi connectivity index (χ0v) is 11.7. The highest BCUT2D eigenvalue weighted by Gasteiger charge is 2.55. The lowest BCUT2D eigenvalue weighted by atomic mass is 9.95. The van der Waals surface area contributed by atoms with Crippen LogP contribution in [0.3, 0.4) is 0 Å². The molecule has 0 saturated carbocycles. The zero-order chi connectivity index (χ0) is 14.0. The van der Waals surface area contributed by atoms with Crippen molar-refractivity contribution in [1.82, 2.24) is 4.90 Å². The first-order valence-electron chi connectivity index (χ1n) is 6.46. The van der Waals surface area contributed by atoms with E-state index in [4.69, 9.17) is 4.74 Å². The Bertz CT molecular complexity index is 334. The van der Waals surface area contributed by atoms with Crippen LogP contribution < -0.4 is 0 Å². The third-order valence-electron chi connectivity index (χ3n) is 3.09. The van der Waals surface area contributed by atoms with Crippen molar-refractivity contribution in [3.05, 3.63) is 0 Å². The summed E-state index contributed by atoms with van der Waals surface area (Å²) in [5.74, 6) is -1.73. The maximum absolute atomic E-state index is 12.3. The van der Waals surface area contributed by atoms with E-state index < -0.39 is 23.1 Å². The Balaban J connectivity index is 3.00. The minimum atomic E-state index is -1.48. The maximum atomic E-state index is 12.3. The van der Waals surface area contributed by atoms with Crippen LogP contribution in [0, 0.1) is 0 Å². The summed E-state index contributed by atoms with van der Waals surface area (Å²) < 4.78 is 5.30. The van der Waals surface area contributed by atoms with Gasteiger partial charge in [-0.1, -0.05) is 6.92 Å². The van der Waals surface area contributed by atoms with Crippen molar-refractivity contribution in [2.45, 2.75) is 58.1 Å². The molecule has 0 unspecified atom stereocenters. The molecular formula is C13H23NO4. The largest absolute Gasteiger partial charge is 0.479 e. The number of ether oxygens (including phenoxy) is 1. The van der Waals surface area contributed by atoms with E-state index in [-0.39, 0.29) is 0 Å². The highest BCUT2D eigenvalue weighted by Crippen LogP contribution is 2.32. The number of nitrogens with zero attached hydrogens (tertiary/aromatic N) is 1. The minimum absolute atomic E-state index is 0.331. The summed E-state index contributed by atoms with van der Waals surface area (Å²) in [4.78, 5) is 25.6. The molecule has 5 nitrogen and oxygen atoms in total. The van der Waals surface area contributed by atoms with Gasteiger partial charge in [-0.15, -0.1) is 0 Å². The van der Waals surface area contributed by atoms with Crippen LogP contribution in [0.5, 0.6) is 0 Å². The van der Waals surface area contributed by atoms with Gasteiger partial charge in [-0.3, -0.25) is 4.90 Å². The molecule has 104 valence electrons. The average molecular weight is 257 g/mol.